The van der Waals surface area contributed by atoms with E-state index in [4.69, 9.17) is 19.2 Å². The molecule has 9 nitrogen and oxygen atoms in total. The van der Waals surface area contributed by atoms with Crippen molar-refractivity contribution in [3.05, 3.63) is 71.4 Å². The van der Waals surface area contributed by atoms with E-state index in [9.17, 15) is 4.79 Å². The molecule has 2 saturated heterocycles. The van der Waals surface area contributed by atoms with E-state index in [-0.39, 0.29) is 5.91 Å². The maximum Gasteiger partial charge on any atom is 0.254 e. The van der Waals surface area contributed by atoms with Gasteiger partial charge in [0.2, 0.25) is 5.95 Å². The van der Waals surface area contributed by atoms with Crippen molar-refractivity contribution in [3.8, 4) is 22.6 Å². The van der Waals surface area contributed by atoms with Crippen LogP contribution in [0.1, 0.15) is 40.2 Å². The Kier molecular flexibility index (Phi) is 7.36. The molecule has 0 radical (unpaired) electrons. The molecule has 216 valence electrons. The fraction of sp³-hybridized carbons (Fsp3) is 0.364. The average molecular weight is 566 g/mol. The minimum Gasteiger partial charge on any atom is -0.496 e. The normalized spacial score (nSPS) is 17.1. The number of piperidine rings is 1. The number of fused-ring (bicyclic) bond motifs is 2. The van der Waals surface area contributed by atoms with Crippen molar-refractivity contribution < 1.29 is 19.0 Å². The van der Waals surface area contributed by atoms with E-state index in [0.29, 0.717) is 56.1 Å². The Morgan fingerprint density at radius 2 is 1.90 bits per heavy atom. The minimum absolute atomic E-state index is 0.0178. The number of morpholine rings is 1. The summed E-state index contributed by atoms with van der Waals surface area (Å²) in [5.74, 6) is 2.59. The number of anilines is 2. The van der Waals surface area contributed by atoms with E-state index in [0.717, 1.165) is 65.8 Å². The fourth-order valence-electron chi connectivity index (χ4n) is 6.38. The van der Waals surface area contributed by atoms with E-state index in [2.05, 4.69) is 27.8 Å². The first-order chi connectivity index (χ1) is 20.7. The van der Waals surface area contributed by atoms with Gasteiger partial charge in [-0.1, -0.05) is 24.3 Å². The highest BCUT2D eigenvalue weighted by molar-refractivity contribution is 5.99. The zero-order valence-electron chi connectivity index (χ0n) is 23.8. The van der Waals surface area contributed by atoms with Gasteiger partial charge in [0.1, 0.15) is 11.5 Å². The van der Waals surface area contributed by atoms with Gasteiger partial charge < -0.3 is 29.7 Å². The highest BCUT2D eigenvalue weighted by atomic mass is 16.5. The van der Waals surface area contributed by atoms with E-state index in [1.165, 1.54) is 11.1 Å². The zero-order valence-corrected chi connectivity index (χ0v) is 23.8. The Morgan fingerprint density at radius 3 is 2.74 bits per heavy atom. The molecule has 7 rings (SSSR count). The average Bonchev–Trinajstić information content (AvgIpc) is 3.56. The Hall–Kier alpha value is -4.21. The van der Waals surface area contributed by atoms with Gasteiger partial charge in [0.25, 0.3) is 5.91 Å². The van der Waals surface area contributed by atoms with Crippen LogP contribution in [0.15, 0.2) is 54.7 Å². The molecule has 0 bridgehead atoms. The van der Waals surface area contributed by atoms with Crippen molar-refractivity contribution >= 4 is 28.4 Å². The highest BCUT2D eigenvalue weighted by Crippen LogP contribution is 2.42. The first kappa shape index (κ1) is 26.7. The molecule has 2 N–H and O–H groups in total. The molecule has 0 unspecified atom stereocenters. The molecule has 4 heterocycles. The van der Waals surface area contributed by atoms with Gasteiger partial charge in [0.05, 0.1) is 38.1 Å². The summed E-state index contributed by atoms with van der Waals surface area (Å²) in [7, 11) is 1.63. The second kappa shape index (κ2) is 11.6. The van der Waals surface area contributed by atoms with Crippen LogP contribution in [-0.2, 0) is 11.2 Å². The summed E-state index contributed by atoms with van der Waals surface area (Å²) in [6.45, 7) is 5.12. The Balaban J connectivity index is 1.21. The second-order valence-corrected chi connectivity index (χ2v) is 11.0. The number of methoxy groups -OCH3 is 1. The van der Waals surface area contributed by atoms with Crippen molar-refractivity contribution in [1.82, 2.24) is 20.2 Å². The van der Waals surface area contributed by atoms with Gasteiger partial charge in [-0.3, -0.25) is 4.79 Å². The Bertz CT molecular complexity index is 1630. The van der Waals surface area contributed by atoms with Crippen LogP contribution in [0.2, 0.25) is 0 Å². The summed E-state index contributed by atoms with van der Waals surface area (Å²) >= 11 is 0. The smallest absolute Gasteiger partial charge is 0.254 e. The quantitative estimate of drug-likeness (QED) is 0.340. The number of amides is 1. The molecular weight excluding hydrogens is 530 g/mol. The third-order valence-electron chi connectivity index (χ3n) is 8.57. The van der Waals surface area contributed by atoms with Crippen LogP contribution in [0.25, 0.3) is 22.0 Å². The predicted octanol–water partition coefficient (Wildman–Crippen LogP) is 4.92. The number of hydrogen-bond donors (Lipinski definition) is 2. The van der Waals surface area contributed by atoms with Crippen LogP contribution in [0.3, 0.4) is 0 Å². The van der Waals surface area contributed by atoms with E-state index in [1.807, 2.05) is 47.5 Å². The number of benzene rings is 3. The molecule has 0 atom stereocenters. The van der Waals surface area contributed by atoms with Crippen LogP contribution >= 0.6 is 0 Å². The largest absolute Gasteiger partial charge is 0.496 e. The van der Waals surface area contributed by atoms with Crippen LogP contribution in [0.4, 0.5) is 11.6 Å². The minimum atomic E-state index is -0.0178. The number of carbonyl (C=O) groups excluding carboxylic acids is 1. The monoisotopic (exact) mass is 565 g/mol. The molecule has 0 aliphatic carbocycles. The van der Waals surface area contributed by atoms with Crippen molar-refractivity contribution in [2.75, 3.05) is 58.4 Å². The predicted molar refractivity (Wildman–Crippen MR) is 162 cm³/mol. The van der Waals surface area contributed by atoms with Crippen molar-refractivity contribution in [2.24, 2.45) is 0 Å². The number of rotatable bonds is 6. The Labute approximate surface area is 245 Å². The lowest BCUT2D eigenvalue weighted by Gasteiger charge is -2.27. The fourth-order valence-corrected chi connectivity index (χ4v) is 6.38. The van der Waals surface area contributed by atoms with Crippen molar-refractivity contribution in [2.45, 2.75) is 25.2 Å². The standard InChI is InChI=1S/C33H35N5O4/c1-40-29-19-22(32(39)38-14-17-41-18-15-38)5-6-25(29)26-4-2-3-23-20-35-33(37-30(23)26)36-28-8-7-24(21-9-12-34-13-10-21)27-11-16-42-31(27)28/h2-8,19-21,34H,9-18H2,1H3,(H,35,36,37). The number of para-hydroxylation sites is 1. The summed E-state index contributed by atoms with van der Waals surface area (Å²) in [5.41, 5.74) is 6.77. The number of hydrogen-bond acceptors (Lipinski definition) is 8. The van der Waals surface area contributed by atoms with Crippen LogP contribution in [-0.4, -0.2) is 73.9 Å². The van der Waals surface area contributed by atoms with Crippen LogP contribution in [0, 0.1) is 0 Å². The van der Waals surface area contributed by atoms with Gasteiger partial charge in [0, 0.05) is 53.3 Å². The topological polar surface area (TPSA) is 97.8 Å². The number of nitrogens with one attached hydrogen (secondary N) is 2. The SMILES string of the molecule is COc1cc(C(=O)N2CCOCC2)ccc1-c1cccc2cnc(Nc3ccc(C4CCNCC4)c4c3OCC4)nc12. The molecule has 4 aromatic rings. The number of ether oxygens (including phenoxy) is 3. The molecule has 0 spiro atoms. The van der Waals surface area contributed by atoms with Gasteiger partial charge in [0.15, 0.2) is 0 Å². The molecular formula is C33H35N5O4. The maximum absolute atomic E-state index is 13.1. The molecule has 3 aliphatic rings. The first-order valence-electron chi connectivity index (χ1n) is 14.8. The van der Waals surface area contributed by atoms with Crippen LogP contribution < -0.4 is 20.1 Å². The molecule has 9 heteroatoms. The third kappa shape index (κ3) is 5.03. The third-order valence-corrected chi connectivity index (χ3v) is 8.57. The van der Waals surface area contributed by atoms with Crippen molar-refractivity contribution in [3.63, 3.8) is 0 Å². The zero-order chi connectivity index (χ0) is 28.5. The molecule has 0 saturated carbocycles. The molecule has 1 amide bonds. The molecule has 2 fully saturated rings. The van der Waals surface area contributed by atoms with E-state index in [1.54, 1.807) is 7.11 Å². The highest BCUT2D eigenvalue weighted by Gasteiger charge is 2.26. The van der Waals surface area contributed by atoms with Crippen molar-refractivity contribution in [1.29, 1.82) is 0 Å². The molecule has 3 aliphatic heterocycles. The number of nitrogens with zero attached hydrogens (tertiary/aromatic N) is 3. The lowest BCUT2D eigenvalue weighted by molar-refractivity contribution is 0.0302. The maximum atomic E-state index is 13.1. The number of carbonyl (C=O) groups is 1. The summed E-state index contributed by atoms with van der Waals surface area (Å²) in [6.07, 6.45) is 5.07. The molecule has 1 aromatic heterocycles. The molecule has 42 heavy (non-hydrogen) atoms. The lowest BCUT2D eigenvalue weighted by atomic mass is 9.86. The first-order valence-corrected chi connectivity index (χ1v) is 14.8. The van der Waals surface area contributed by atoms with Gasteiger partial charge >= 0.3 is 0 Å². The van der Waals surface area contributed by atoms with E-state index < -0.39 is 0 Å². The number of aromatic nitrogens is 2. The van der Waals surface area contributed by atoms with Gasteiger partial charge in [-0.25, -0.2) is 9.97 Å². The van der Waals surface area contributed by atoms with Gasteiger partial charge in [-0.2, -0.15) is 0 Å². The van der Waals surface area contributed by atoms with Crippen LogP contribution in [0.5, 0.6) is 11.5 Å². The summed E-state index contributed by atoms with van der Waals surface area (Å²) in [6, 6.07) is 16.0. The van der Waals surface area contributed by atoms with E-state index >= 15 is 0 Å². The summed E-state index contributed by atoms with van der Waals surface area (Å²) in [5, 5.41) is 7.82. The summed E-state index contributed by atoms with van der Waals surface area (Å²) < 4.78 is 17.3. The summed E-state index contributed by atoms with van der Waals surface area (Å²) in [4.78, 5) is 24.5. The second-order valence-electron chi connectivity index (χ2n) is 11.0. The Morgan fingerprint density at radius 1 is 1.05 bits per heavy atom. The molecule has 3 aromatic carbocycles. The lowest BCUT2D eigenvalue weighted by Crippen LogP contribution is -2.40. The van der Waals surface area contributed by atoms with Gasteiger partial charge in [-0.05, 0) is 61.7 Å². The van der Waals surface area contributed by atoms with Gasteiger partial charge in [-0.15, -0.1) is 0 Å².